The quantitative estimate of drug-likeness (QED) is 0.492. The summed E-state index contributed by atoms with van der Waals surface area (Å²) in [5.41, 5.74) is 3.07. The highest BCUT2D eigenvalue weighted by Crippen LogP contribution is 2.35. The number of rotatable bonds is 7. The number of carbonyl (C=O) groups excluding carboxylic acids is 1. The molecule has 1 saturated heterocycles. The van der Waals surface area contributed by atoms with Gasteiger partial charge in [0.2, 0.25) is 0 Å². The summed E-state index contributed by atoms with van der Waals surface area (Å²) in [6.07, 6.45) is -0.570. The zero-order valence-corrected chi connectivity index (χ0v) is 19.9. The number of methoxy groups -OCH3 is 1. The van der Waals surface area contributed by atoms with Gasteiger partial charge in [-0.05, 0) is 30.2 Å². The molecule has 11 heteroatoms. The minimum atomic E-state index is -4.46. The van der Waals surface area contributed by atoms with Crippen molar-refractivity contribution < 1.29 is 32.2 Å². The summed E-state index contributed by atoms with van der Waals surface area (Å²) in [6.45, 7) is 3.40. The third-order valence-corrected chi connectivity index (χ3v) is 6.49. The Morgan fingerprint density at radius 3 is 2.69 bits per heavy atom. The molecule has 192 valence electrons. The number of hydrogen-bond donors (Lipinski definition) is 0. The Hall–Kier alpha value is -3.31. The van der Waals surface area contributed by atoms with Crippen molar-refractivity contribution in [1.82, 2.24) is 19.2 Å². The van der Waals surface area contributed by atoms with Crippen LogP contribution in [-0.4, -0.2) is 90.9 Å². The lowest BCUT2D eigenvalue weighted by molar-refractivity contribution is -0.141. The normalized spacial score (nSPS) is 16.9. The molecule has 0 saturated carbocycles. The van der Waals surface area contributed by atoms with Gasteiger partial charge < -0.3 is 19.1 Å². The van der Waals surface area contributed by atoms with E-state index in [0.717, 1.165) is 49.0 Å². The van der Waals surface area contributed by atoms with E-state index in [4.69, 9.17) is 14.2 Å². The summed E-state index contributed by atoms with van der Waals surface area (Å²) < 4.78 is 57.3. The van der Waals surface area contributed by atoms with E-state index in [1.807, 2.05) is 28.8 Å². The minimum Gasteiger partial charge on any atom is -0.496 e. The Morgan fingerprint density at radius 1 is 1.14 bits per heavy atom. The average molecular weight is 505 g/mol. The maximum absolute atomic E-state index is 12.9. The van der Waals surface area contributed by atoms with E-state index in [1.54, 1.807) is 12.3 Å². The van der Waals surface area contributed by atoms with Crippen LogP contribution in [0.15, 0.2) is 36.7 Å². The van der Waals surface area contributed by atoms with Gasteiger partial charge in [-0.1, -0.05) is 0 Å². The van der Waals surface area contributed by atoms with E-state index in [0.29, 0.717) is 30.0 Å². The average Bonchev–Trinajstić information content (AvgIpc) is 3.28. The Kier molecular flexibility index (Phi) is 6.76. The second kappa shape index (κ2) is 9.98. The highest BCUT2D eigenvalue weighted by Gasteiger charge is 2.37. The molecule has 1 amide bonds. The van der Waals surface area contributed by atoms with E-state index in [9.17, 15) is 18.0 Å². The van der Waals surface area contributed by atoms with E-state index in [2.05, 4.69) is 9.88 Å². The molecule has 0 aliphatic carbocycles. The highest BCUT2D eigenvalue weighted by atomic mass is 19.4. The minimum absolute atomic E-state index is 0.00372. The maximum atomic E-state index is 12.9. The number of fused-ring (bicyclic) bond motifs is 2. The van der Waals surface area contributed by atoms with Crippen molar-refractivity contribution in [2.45, 2.75) is 12.6 Å². The van der Waals surface area contributed by atoms with Gasteiger partial charge in [0.25, 0.3) is 5.91 Å². The van der Waals surface area contributed by atoms with Gasteiger partial charge in [0.05, 0.1) is 37.8 Å². The molecule has 1 aromatic carbocycles. The number of imidazole rings is 1. The SMILES string of the molecule is COc1cc(-c2cnc3cc(OCCN4CCOCC4)ccn23)cc2c1C(=O)N(CC(F)(F)F)CC2. The second-order valence-electron chi connectivity index (χ2n) is 8.84. The topological polar surface area (TPSA) is 68.5 Å². The predicted octanol–water partition coefficient (Wildman–Crippen LogP) is 3.28. The molecule has 5 rings (SSSR count). The number of morpholine rings is 1. The van der Waals surface area contributed by atoms with Gasteiger partial charge in [0, 0.05) is 44.0 Å². The lowest BCUT2D eigenvalue weighted by Crippen LogP contribution is -2.43. The Labute approximate surface area is 206 Å². The largest absolute Gasteiger partial charge is 0.496 e. The molecule has 0 spiro atoms. The fourth-order valence-electron chi connectivity index (χ4n) is 4.69. The summed E-state index contributed by atoms with van der Waals surface area (Å²) in [6, 6.07) is 7.23. The van der Waals surface area contributed by atoms with Gasteiger partial charge in [0.15, 0.2) is 0 Å². The first kappa shape index (κ1) is 24.4. The summed E-state index contributed by atoms with van der Waals surface area (Å²) in [5.74, 6) is 0.290. The van der Waals surface area contributed by atoms with Crippen molar-refractivity contribution in [2.75, 3.05) is 59.7 Å². The van der Waals surface area contributed by atoms with Crippen molar-refractivity contribution in [1.29, 1.82) is 0 Å². The first-order valence-corrected chi connectivity index (χ1v) is 11.8. The first-order valence-electron chi connectivity index (χ1n) is 11.8. The summed E-state index contributed by atoms with van der Waals surface area (Å²) in [4.78, 5) is 20.4. The second-order valence-corrected chi connectivity index (χ2v) is 8.84. The van der Waals surface area contributed by atoms with E-state index < -0.39 is 18.6 Å². The fourth-order valence-corrected chi connectivity index (χ4v) is 4.69. The van der Waals surface area contributed by atoms with Gasteiger partial charge in [-0.3, -0.25) is 14.1 Å². The number of amides is 1. The Balaban J connectivity index is 1.36. The molecule has 2 aromatic heterocycles. The van der Waals surface area contributed by atoms with Crippen LogP contribution >= 0.6 is 0 Å². The molecular weight excluding hydrogens is 477 g/mol. The molecule has 0 atom stereocenters. The molecule has 2 aliphatic heterocycles. The van der Waals surface area contributed by atoms with E-state index in [-0.39, 0.29) is 17.9 Å². The van der Waals surface area contributed by atoms with Crippen LogP contribution in [-0.2, 0) is 11.2 Å². The van der Waals surface area contributed by atoms with Gasteiger partial charge >= 0.3 is 6.18 Å². The summed E-state index contributed by atoms with van der Waals surface area (Å²) >= 11 is 0. The zero-order chi connectivity index (χ0) is 25.3. The number of aromatic nitrogens is 2. The molecule has 0 bridgehead atoms. The fraction of sp³-hybridized carbons (Fsp3) is 0.440. The van der Waals surface area contributed by atoms with E-state index in [1.165, 1.54) is 7.11 Å². The Bertz CT molecular complexity index is 1240. The summed E-state index contributed by atoms with van der Waals surface area (Å²) in [7, 11) is 1.41. The van der Waals surface area contributed by atoms with Gasteiger partial charge in [0.1, 0.15) is 30.3 Å². The van der Waals surface area contributed by atoms with Crippen LogP contribution < -0.4 is 9.47 Å². The molecule has 4 heterocycles. The van der Waals surface area contributed by atoms with Crippen molar-refractivity contribution >= 4 is 11.6 Å². The Morgan fingerprint density at radius 2 is 1.94 bits per heavy atom. The van der Waals surface area contributed by atoms with Crippen LogP contribution in [0.2, 0.25) is 0 Å². The number of halogens is 3. The standard InChI is InChI=1S/C25H27F3N4O4/c1-34-21-13-18(12-17-2-4-31(16-25(26,27)28)24(33)23(17)21)20-15-29-22-14-19(3-5-32(20)22)36-11-8-30-6-9-35-10-7-30/h3,5,12-15H,2,4,6-11,16H2,1H3. The molecule has 0 radical (unpaired) electrons. The van der Waals surface area contributed by atoms with Crippen LogP contribution in [0.1, 0.15) is 15.9 Å². The number of hydrogen-bond acceptors (Lipinski definition) is 6. The van der Waals surface area contributed by atoms with Crippen LogP contribution in [0.3, 0.4) is 0 Å². The molecule has 0 N–H and O–H groups in total. The lowest BCUT2D eigenvalue weighted by atomic mass is 9.94. The zero-order valence-electron chi connectivity index (χ0n) is 19.9. The van der Waals surface area contributed by atoms with Crippen molar-refractivity contribution in [3.63, 3.8) is 0 Å². The number of pyridine rings is 1. The lowest BCUT2D eigenvalue weighted by Gasteiger charge is -2.30. The predicted molar refractivity (Wildman–Crippen MR) is 126 cm³/mol. The van der Waals surface area contributed by atoms with Crippen LogP contribution in [0.25, 0.3) is 16.9 Å². The molecule has 36 heavy (non-hydrogen) atoms. The number of benzene rings is 1. The number of alkyl halides is 3. The van der Waals surface area contributed by atoms with Gasteiger partial charge in [-0.2, -0.15) is 13.2 Å². The monoisotopic (exact) mass is 504 g/mol. The summed E-state index contributed by atoms with van der Waals surface area (Å²) in [5, 5.41) is 0. The molecule has 3 aromatic rings. The molecule has 0 unspecified atom stereocenters. The van der Waals surface area contributed by atoms with Gasteiger partial charge in [-0.15, -0.1) is 0 Å². The van der Waals surface area contributed by atoms with E-state index >= 15 is 0 Å². The van der Waals surface area contributed by atoms with Crippen molar-refractivity contribution in [2.24, 2.45) is 0 Å². The third kappa shape index (κ3) is 5.12. The van der Waals surface area contributed by atoms with Crippen molar-refractivity contribution in [3.8, 4) is 22.8 Å². The molecular formula is C25H27F3N4O4. The van der Waals surface area contributed by atoms with Crippen molar-refractivity contribution in [3.05, 3.63) is 47.8 Å². The first-order chi connectivity index (χ1) is 17.3. The number of carbonyl (C=O) groups is 1. The number of ether oxygens (including phenoxy) is 3. The molecule has 2 aliphatic rings. The van der Waals surface area contributed by atoms with Gasteiger partial charge in [-0.25, -0.2) is 4.98 Å². The van der Waals surface area contributed by atoms with Crippen LogP contribution in [0.4, 0.5) is 13.2 Å². The maximum Gasteiger partial charge on any atom is 0.406 e. The van der Waals surface area contributed by atoms with Crippen LogP contribution in [0.5, 0.6) is 11.5 Å². The highest BCUT2D eigenvalue weighted by molar-refractivity contribution is 6.00. The van der Waals surface area contributed by atoms with Crippen LogP contribution in [0, 0.1) is 0 Å². The smallest absolute Gasteiger partial charge is 0.406 e. The molecule has 8 nitrogen and oxygen atoms in total. The number of nitrogens with zero attached hydrogens (tertiary/aromatic N) is 4. The third-order valence-electron chi connectivity index (χ3n) is 6.49. The molecule has 1 fully saturated rings.